The highest BCUT2D eigenvalue weighted by Crippen LogP contribution is 2.29. The minimum Gasteiger partial charge on any atom is -0.326 e. The van der Waals surface area contributed by atoms with Crippen LogP contribution < -0.4 is 10.6 Å². The minimum atomic E-state index is -3.16. The Balaban J connectivity index is 0.00000176. The highest BCUT2D eigenvalue weighted by molar-refractivity contribution is 7.91. The Labute approximate surface area is 137 Å². The molecule has 2 atom stereocenters. The van der Waals surface area contributed by atoms with Crippen LogP contribution >= 0.6 is 12.4 Å². The molecule has 1 amide bonds. The molecule has 7 heteroatoms. The van der Waals surface area contributed by atoms with E-state index >= 15 is 0 Å². The molecule has 2 aliphatic heterocycles. The largest absolute Gasteiger partial charge is 0.326 e. The van der Waals surface area contributed by atoms with Crippen LogP contribution in [0.3, 0.4) is 0 Å². The monoisotopic (exact) mass is 344 g/mol. The second kappa shape index (κ2) is 6.56. The second-order valence-corrected chi connectivity index (χ2v) is 8.03. The molecule has 122 valence electrons. The van der Waals surface area contributed by atoms with Crippen molar-refractivity contribution in [2.45, 2.75) is 37.1 Å². The molecular formula is C15H21ClN2O3S. The van der Waals surface area contributed by atoms with E-state index in [2.05, 4.69) is 17.6 Å². The van der Waals surface area contributed by atoms with E-state index in [4.69, 9.17) is 0 Å². The van der Waals surface area contributed by atoms with Gasteiger partial charge in [-0.15, -0.1) is 12.4 Å². The standard InChI is InChI=1S/C15H20N2O3S.ClH/c1-10-8-12(4-6-16-10)15(18)17-13-3-2-11-5-7-21(19,20)14(11)9-13;/h2-3,9-10,12,16H,4-8H2,1H3,(H,17,18);1H/t10-,12-;/m0./s1. The van der Waals surface area contributed by atoms with Gasteiger partial charge >= 0.3 is 0 Å². The number of fused-ring (bicyclic) bond motifs is 1. The molecule has 1 saturated heterocycles. The zero-order valence-corrected chi connectivity index (χ0v) is 14.1. The first-order valence-corrected chi connectivity index (χ1v) is 9.01. The number of hydrogen-bond donors (Lipinski definition) is 2. The second-order valence-electron chi connectivity index (χ2n) is 5.96. The molecule has 2 N–H and O–H groups in total. The fourth-order valence-electron chi connectivity index (χ4n) is 3.10. The van der Waals surface area contributed by atoms with Crippen molar-refractivity contribution in [1.29, 1.82) is 0 Å². The molecule has 0 bridgehead atoms. The summed E-state index contributed by atoms with van der Waals surface area (Å²) >= 11 is 0. The number of benzene rings is 1. The molecule has 0 unspecified atom stereocenters. The zero-order chi connectivity index (χ0) is 15.0. The Morgan fingerprint density at radius 3 is 2.86 bits per heavy atom. The molecule has 0 aliphatic carbocycles. The zero-order valence-electron chi connectivity index (χ0n) is 12.5. The fraction of sp³-hybridized carbons (Fsp3) is 0.533. The van der Waals surface area contributed by atoms with Gasteiger partial charge < -0.3 is 10.6 Å². The summed E-state index contributed by atoms with van der Waals surface area (Å²) < 4.78 is 23.8. The van der Waals surface area contributed by atoms with Crippen molar-refractivity contribution < 1.29 is 13.2 Å². The summed E-state index contributed by atoms with van der Waals surface area (Å²) in [6.45, 7) is 2.92. The summed E-state index contributed by atoms with van der Waals surface area (Å²) in [7, 11) is -3.16. The van der Waals surface area contributed by atoms with E-state index in [-0.39, 0.29) is 30.0 Å². The van der Waals surface area contributed by atoms with Gasteiger partial charge in [-0.1, -0.05) is 6.07 Å². The molecule has 22 heavy (non-hydrogen) atoms. The predicted octanol–water partition coefficient (Wildman–Crippen LogP) is 1.76. The molecule has 0 spiro atoms. The average molecular weight is 345 g/mol. The molecule has 1 aromatic carbocycles. The maximum Gasteiger partial charge on any atom is 0.227 e. The number of rotatable bonds is 2. The van der Waals surface area contributed by atoms with Gasteiger partial charge in [0.25, 0.3) is 0 Å². The number of sulfone groups is 1. The number of anilines is 1. The van der Waals surface area contributed by atoms with E-state index in [0.29, 0.717) is 23.0 Å². The molecule has 0 aromatic heterocycles. The summed E-state index contributed by atoms with van der Waals surface area (Å²) in [4.78, 5) is 12.7. The highest BCUT2D eigenvalue weighted by atomic mass is 35.5. The van der Waals surface area contributed by atoms with Crippen molar-refractivity contribution in [3.05, 3.63) is 23.8 Å². The molecular weight excluding hydrogens is 324 g/mol. The Bertz CT molecular complexity index is 675. The Morgan fingerprint density at radius 1 is 1.36 bits per heavy atom. The van der Waals surface area contributed by atoms with Crippen LogP contribution in [0, 0.1) is 5.92 Å². The van der Waals surface area contributed by atoms with Gasteiger partial charge in [0, 0.05) is 17.6 Å². The molecule has 2 heterocycles. The van der Waals surface area contributed by atoms with Gasteiger partial charge in [-0.3, -0.25) is 4.79 Å². The number of carbonyl (C=O) groups excluding carboxylic acids is 1. The van der Waals surface area contributed by atoms with Crippen LogP contribution in [0.5, 0.6) is 0 Å². The molecule has 1 fully saturated rings. The van der Waals surface area contributed by atoms with Crippen molar-refractivity contribution >= 4 is 33.8 Å². The van der Waals surface area contributed by atoms with E-state index in [0.717, 1.165) is 24.9 Å². The number of piperidine rings is 1. The van der Waals surface area contributed by atoms with Crippen molar-refractivity contribution in [2.24, 2.45) is 5.92 Å². The van der Waals surface area contributed by atoms with Gasteiger partial charge in [-0.25, -0.2) is 8.42 Å². The Morgan fingerprint density at radius 2 is 2.14 bits per heavy atom. The van der Waals surface area contributed by atoms with Gasteiger partial charge in [0.05, 0.1) is 10.6 Å². The van der Waals surface area contributed by atoms with E-state index in [1.165, 1.54) is 0 Å². The lowest BCUT2D eigenvalue weighted by Crippen LogP contribution is -2.40. The van der Waals surface area contributed by atoms with Crippen LogP contribution in [0.2, 0.25) is 0 Å². The van der Waals surface area contributed by atoms with Gasteiger partial charge in [0.2, 0.25) is 5.91 Å². The van der Waals surface area contributed by atoms with Crippen LogP contribution in [0.4, 0.5) is 5.69 Å². The van der Waals surface area contributed by atoms with Gasteiger partial charge in [0.15, 0.2) is 9.84 Å². The SMILES string of the molecule is C[C@H]1C[C@@H](C(=O)Nc2ccc3c(c2)S(=O)(=O)CC3)CCN1.Cl. The third kappa shape index (κ3) is 3.45. The first-order chi connectivity index (χ1) is 9.95. The molecule has 0 radical (unpaired) electrons. The lowest BCUT2D eigenvalue weighted by atomic mass is 9.92. The van der Waals surface area contributed by atoms with Crippen molar-refractivity contribution in [3.63, 3.8) is 0 Å². The molecule has 0 saturated carbocycles. The van der Waals surface area contributed by atoms with Crippen LogP contribution in [0.15, 0.2) is 23.1 Å². The van der Waals surface area contributed by atoms with Gasteiger partial charge in [-0.2, -0.15) is 0 Å². The van der Waals surface area contributed by atoms with E-state index < -0.39 is 9.84 Å². The van der Waals surface area contributed by atoms with E-state index in [1.807, 2.05) is 0 Å². The summed E-state index contributed by atoms with van der Waals surface area (Å²) in [6.07, 6.45) is 2.20. The number of nitrogens with one attached hydrogen (secondary N) is 2. The third-order valence-corrected chi connectivity index (χ3v) is 6.10. The minimum absolute atomic E-state index is 0. The number of halogens is 1. The Kier molecular flexibility index (Phi) is 5.14. The summed E-state index contributed by atoms with van der Waals surface area (Å²) in [5.74, 6) is 0.149. The third-order valence-electron chi connectivity index (χ3n) is 4.30. The maximum absolute atomic E-state index is 12.3. The smallest absolute Gasteiger partial charge is 0.227 e. The molecule has 3 rings (SSSR count). The highest BCUT2D eigenvalue weighted by Gasteiger charge is 2.28. The van der Waals surface area contributed by atoms with Crippen LogP contribution in [-0.2, 0) is 21.1 Å². The molecule has 2 aliphatic rings. The molecule has 1 aromatic rings. The lowest BCUT2D eigenvalue weighted by Gasteiger charge is -2.27. The quantitative estimate of drug-likeness (QED) is 0.857. The average Bonchev–Trinajstić information content (AvgIpc) is 2.74. The summed E-state index contributed by atoms with van der Waals surface area (Å²) in [5.41, 5.74) is 1.43. The van der Waals surface area contributed by atoms with Gasteiger partial charge in [-0.05, 0) is 50.4 Å². The first-order valence-electron chi connectivity index (χ1n) is 7.35. The fourth-order valence-corrected chi connectivity index (χ4v) is 4.68. The van der Waals surface area contributed by atoms with Crippen molar-refractivity contribution in [2.75, 3.05) is 17.6 Å². The first kappa shape index (κ1) is 17.2. The lowest BCUT2D eigenvalue weighted by molar-refractivity contribution is -0.120. The van der Waals surface area contributed by atoms with Crippen molar-refractivity contribution in [3.8, 4) is 0 Å². The number of amides is 1. The van der Waals surface area contributed by atoms with E-state index in [1.54, 1.807) is 18.2 Å². The number of aryl methyl sites for hydroxylation is 1. The summed E-state index contributed by atoms with van der Waals surface area (Å²) in [6, 6.07) is 5.54. The van der Waals surface area contributed by atoms with Crippen LogP contribution in [0.25, 0.3) is 0 Å². The Hall–Kier alpha value is -1.11. The number of hydrogen-bond acceptors (Lipinski definition) is 4. The van der Waals surface area contributed by atoms with Gasteiger partial charge in [0.1, 0.15) is 0 Å². The van der Waals surface area contributed by atoms with Crippen molar-refractivity contribution in [1.82, 2.24) is 5.32 Å². The van der Waals surface area contributed by atoms with Crippen LogP contribution in [-0.4, -0.2) is 32.7 Å². The van der Waals surface area contributed by atoms with Crippen LogP contribution in [0.1, 0.15) is 25.3 Å². The predicted molar refractivity (Wildman–Crippen MR) is 88.3 cm³/mol. The normalized spacial score (nSPS) is 25.9. The van der Waals surface area contributed by atoms with E-state index in [9.17, 15) is 13.2 Å². The maximum atomic E-state index is 12.3. The molecule has 5 nitrogen and oxygen atoms in total. The number of carbonyl (C=O) groups is 1. The summed E-state index contributed by atoms with van der Waals surface area (Å²) in [5, 5.41) is 6.18. The topological polar surface area (TPSA) is 75.3 Å².